The Balaban J connectivity index is 1.52. The number of carbonyl (C=O) groups excluding carboxylic acids is 1. The second kappa shape index (κ2) is 4.84. The van der Waals surface area contributed by atoms with Gasteiger partial charge in [0, 0.05) is 19.1 Å². The van der Waals surface area contributed by atoms with Crippen LogP contribution in [0.4, 0.5) is 4.79 Å². The number of fused-ring (bicyclic) bond motifs is 1. The monoisotopic (exact) mass is 240 g/mol. The molecule has 4 heteroatoms. The summed E-state index contributed by atoms with van der Waals surface area (Å²) in [5.74, 6) is 1.93. The standard InChI is InChI=1S/C13H24N2O2/c1-13(2,3)17-12(16)15-7-6-14-11-5-4-9-8-10(9)11/h9-11,14H,4-8H2,1-3H3,(H,15,16)/t9-,10+,11?/m1/s1. The minimum absolute atomic E-state index is 0.324. The summed E-state index contributed by atoms with van der Waals surface area (Å²) in [4.78, 5) is 11.4. The maximum Gasteiger partial charge on any atom is 0.407 e. The van der Waals surface area contributed by atoms with Crippen molar-refractivity contribution in [3.8, 4) is 0 Å². The molecule has 98 valence electrons. The lowest BCUT2D eigenvalue weighted by atomic mass is 10.2. The Labute approximate surface area is 103 Å². The van der Waals surface area contributed by atoms with Crippen molar-refractivity contribution in [2.75, 3.05) is 13.1 Å². The molecule has 17 heavy (non-hydrogen) atoms. The molecule has 0 aromatic rings. The number of hydrogen-bond acceptors (Lipinski definition) is 3. The van der Waals surface area contributed by atoms with Crippen molar-refractivity contribution < 1.29 is 9.53 Å². The summed E-state index contributed by atoms with van der Waals surface area (Å²) in [5, 5.41) is 6.29. The Morgan fingerprint density at radius 2 is 2.06 bits per heavy atom. The van der Waals surface area contributed by atoms with Crippen molar-refractivity contribution in [1.29, 1.82) is 0 Å². The summed E-state index contributed by atoms with van der Waals surface area (Å²) in [6.07, 6.45) is 3.79. The number of amides is 1. The van der Waals surface area contributed by atoms with Gasteiger partial charge < -0.3 is 15.4 Å². The van der Waals surface area contributed by atoms with Crippen LogP contribution in [0, 0.1) is 11.8 Å². The van der Waals surface area contributed by atoms with Crippen LogP contribution < -0.4 is 10.6 Å². The van der Waals surface area contributed by atoms with Crippen LogP contribution in [0.5, 0.6) is 0 Å². The summed E-state index contributed by atoms with van der Waals surface area (Å²) in [6, 6.07) is 0.695. The van der Waals surface area contributed by atoms with Gasteiger partial charge in [0.25, 0.3) is 0 Å². The van der Waals surface area contributed by atoms with Crippen LogP contribution in [-0.2, 0) is 4.74 Å². The van der Waals surface area contributed by atoms with Gasteiger partial charge in [-0.2, -0.15) is 0 Å². The maximum atomic E-state index is 11.4. The van der Waals surface area contributed by atoms with E-state index < -0.39 is 5.60 Å². The van der Waals surface area contributed by atoms with Gasteiger partial charge in [-0.15, -0.1) is 0 Å². The molecule has 0 aromatic heterocycles. The zero-order valence-corrected chi connectivity index (χ0v) is 11.1. The molecule has 0 aliphatic heterocycles. The van der Waals surface area contributed by atoms with E-state index >= 15 is 0 Å². The number of nitrogens with one attached hydrogen (secondary N) is 2. The van der Waals surface area contributed by atoms with Crippen LogP contribution in [0.3, 0.4) is 0 Å². The highest BCUT2D eigenvalue weighted by molar-refractivity contribution is 5.67. The minimum atomic E-state index is -0.413. The first kappa shape index (κ1) is 12.7. The first-order valence-electron chi connectivity index (χ1n) is 6.66. The zero-order chi connectivity index (χ0) is 12.5. The highest BCUT2D eigenvalue weighted by Gasteiger charge is 2.47. The number of carbonyl (C=O) groups is 1. The average molecular weight is 240 g/mol. The van der Waals surface area contributed by atoms with Crippen LogP contribution in [0.1, 0.15) is 40.0 Å². The fraction of sp³-hybridized carbons (Fsp3) is 0.923. The largest absolute Gasteiger partial charge is 0.444 e. The molecule has 4 nitrogen and oxygen atoms in total. The highest BCUT2D eigenvalue weighted by atomic mass is 16.6. The van der Waals surface area contributed by atoms with E-state index in [1.54, 1.807) is 0 Å². The second-order valence-corrected chi connectivity index (χ2v) is 6.23. The van der Waals surface area contributed by atoms with E-state index in [0.29, 0.717) is 12.6 Å². The smallest absolute Gasteiger partial charge is 0.407 e. The molecular formula is C13H24N2O2. The summed E-state index contributed by atoms with van der Waals surface area (Å²) in [7, 11) is 0. The molecule has 2 fully saturated rings. The molecule has 2 aliphatic rings. The normalized spacial score (nSPS) is 30.9. The van der Waals surface area contributed by atoms with E-state index in [1.807, 2.05) is 20.8 Å². The lowest BCUT2D eigenvalue weighted by molar-refractivity contribution is 0.0528. The van der Waals surface area contributed by atoms with E-state index in [-0.39, 0.29) is 6.09 Å². The Morgan fingerprint density at radius 1 is 1.29 bits per heavy atom. The first-order chi connectivity index (χ1) is 7.96. The zero-order valence-electron chi connectivity index (χ0n) is 11.1. The van der Waals surface area contributed by atoms with E-state index in [0.717, 1.165) is 18.4 Å². The Hall–Kier alpha value is -0.770. The second-order valence-electron chi connectivity index (χ2n) is 6.23. The molecule has 0 saturated heterocycles. The predicted molar refractivity (Wildman–Crippen MR) is 66.9 cm³/mol. The van der Waals surface area contributed by atoms with E-state index in [4.69, 9.17) is 4.74 Å². The van der Waals surface area contributed by atoms with Gasteiger partial charge in [0.15, 0.2) is 0 Å². The Morgan fingerprint density at radius 3 is 2.59 bits per heavy atom. The van der Waals surface area contributed by atoms with Gasteiger partial charge >= 0.3 is 6.09 Å². The van der Waals surface area contributed by atoms with Gasteiger partial charge in [0.1, 0.15) is 5.60 Å². The fourth-order valence-electron chi connectivity index (χ4n) is 2.69. The average Bonchev–Trinajstić information content (AvgIpc) is 2.86. The topological polar surface area (TPSA) is 50.4 Å². The molecule has 0 bridgehead atoms. The third-order valence-electron chi connectivity index (χ3n) is 3.54. The molecule has 0 aromatic carbocycles. The van der Waals surface area contributed by atoms with E-state index in [9.17, 15) is 4.79 Å². The molecule has 0 radical (unpaired) electrons. The molecule has 0 heterocycles. The fourth-order valence-corrected chi connectivity index (χ4v) is 2.69. The molecule has 1 unspecified atom stereocenters. The Bertz CT molecular complexity index is 286. The minimum Gasteiger partial charge on any atom is -0.444 e. The van der Waals surface area contributed by atoms with Crippen molar-refractivity contribution in [2.24, 2.45) is 11.8 Å². The quantitative estimate of drug-likeness (QED) is 0.738. The molecule has 3 atom stereocenters. The summed E-state index contributed by atoms with van der Waals surface area (Å²) < 4.78 is 5.16. The van der Waals surface area contributed by atoms with Crippen molar-refractivity contribution in [2.45, 2.75) is 51.7 Å². The van der Waals surface area contributed by atoms with Gasteiger partial charge in [-0.25, -0.2) is 4.79 Å². The van der Waals surface area contributed by atoms with Crippen molar-refractivity contribution in [3.63, 3.8) is 0 Å². The first-order valence-corrected chi connectivity index (χ1v) is 6.66. The molecule has 2 N–H and O–H groups in total. The van der Waals surface area contributed by atoms with Gasteiger partial charge in [-0.1, -0.05) is 0 Å². The molecule has 0 spiro atoms. The number of ether oxygens (including phenoxy) is 1. The van der Waals surface area contributed by atoms with Gasteiger partial charge in [-0.05, 0) is 51.9 Å². The molecule has 1 amide bonds. The van der Waals surface area contributed by atoms with Crippen molar-refractivity contribution in [1.82, 2.24) is 10.6 Å². The van der Waals surface area contributed by atoms with Crippen LogP contribution in [0.15, 0.2) is 0 Å². The lowest BCUT2D eigenvalue weighted by Crippen LogP contribution is -2.39. The number of alkyl carbamates (subject to hydrolysis) is 1. The summed E-state index contributed by atoms with van der Waals surface area (Å²) in [5.41, 5.74) is -0.413. The summed E-state index contributed by atoms with van der Waals surface area (Å²) in [6.45, 7) is 7.10. The predicted octanol–water partition coefficient (Wildman–Crippen LogP) is 1.90. The van der Waals surface area contributed by atoms with Gasteiger partial charge in [-0.3, -0.25) is 0 Å². The Kier molecular flexibility index (Phi) is 3.61. The number of hydrogen-bond donors (Lipinski definition) is 2. The van der Waals surface area contributed by atoms with Crippen molar-refractivity contribution >= 4 is 6.09 Å². The van der Waals surface area contributed by atoms with Gasteiger partial charge in [0.2, 0.25) is 0 Å². The van der Waals surface area contributed by atoms with Crippen LogP contribution >= 0.6 is 0 Å². The van der Waals surface area contributed by atoms with Gasteiger partial charge in [0.05, 0.1) is 0 Å². The van der Waals surface area contributed by atoms with E-state index in [2.05, 4.69) is 10.6 Å². The van der Waals surface area contributed by atoms with Crippen LogP contribution in [0.25, 0.3) is 0 Å². The maximum absolute atomic E-state index is 11.4. The molecular weight excluding hydrogens is 216 g/mol. The van der Waals surface area contributed by atoms with E-state index in [1.165, 1.54) is 19.3 Å². The van der Waals surface area contributed by atoms with Crippen LogP contribution in [0.2, 0.25) is 0 Å². The summed E-state index contributed by atoms with van der Waals surface area (Å²) >= 11 is 0. The third kappa shape index (κ3) is 3.87. The number of rotatable bonds is 4. The third-order valence-corrected chi connectivity index (χ3v) is 3.54. The molecule has 2 aliphatic carbocycles. The SMILES string of the molecule is CC(C)(C)OC(=O)NCCNC1CC[C@@H]2C[C@H]12. The highest BCUT2D eigenvalue weighted by Crippen LogP contribution is 2.51. The van der Waals surface area contributed by atoms with Crippen LogP contribution in [-0.4, -0.2) is 30.8 Å². The lowest BCUT2D eigenvalue weighted by Gasteiger charge is -2.20. The molecule has 2 rings (SSSR count). The molecule has 2 saturated carbocycles. The van der Waals surface area contributed by atoms with Crippen molar-refractivity contribution in [3.05, 3.63) is 0 Å².